The van der Waals surface area contributed by atoms with E-state index in [-0.39, 0.29) is 5.82 Å². The molecule has 3 heteroatoms. The molecule has 0 spiro atoms. The Morgan fingerprint density at radius 2 is 1.90 bits per heavy atom. The number of benzene rings is 1. The highest BCUT2D eigenvalue weighted by molar-refractivity contribution is 5.29. The zero-order chi connectivity index (χ0) is 13.8. The van der Waals surface area contributed by atoms with Gasteiger partial charge in [-0.1, -0.05) is 25.3 Å². The summed E-state index contributed by atoms with van der Waals surface area (Å²) in [6, 6.07) is 6.00. The highest BCUT2D eigenvalue weighted by atomic mass is 19.1. The van der Waals surface area contributed by atoms with Crippen molar-refractivity contribution in [2.45, 2.75) is 57.5 Å². The molecule has 20 heavy (non-hydrogen) atoms. The van der Waals surface area contributed by atoms with Crippen LogP contribution in [-0.2, 0) is 6.54 Å². The van der Waals surface area contributed by atoms with Gasteiger partial charge < -0.3 is 10.1 Å². The summed E-state index contributed by atoms with van der Waals surface area (Å²) in [6.07, 6.45) is 8.89. The van der Waals surface area contributed by atoms with Crippen LogP contribution < -0.4 is 10.1 Å². The van der Waals surface area contributed by atoms with E-state index in [1.165, 1.54) is 44.9 Å². The minimum absolute atomic E-state index is 0.226. The highest BCUT2D eigenvalue weighted by Crippen LogP contribution is 2.26. The predicted molar refractivity (Wildman–Crippen MR) is 78.3 cm³/mol. The van der Waals surface area contributed by atoms with E-state index in [0.717, 1.165) is 12.1 Å². The number of nitrogens with one attached hydrogen (secondary N) is 1. The van der Waals surface area contributed by atoms with Crippen molar-refractivity contribution in [1.82, 2.24) is 5.32 Å². The molecule has 0 bridgehead atoms. The second kappa shape index (κ2) is 6.57. The standard InChI is InChI=1S/C17H24FNO/c18-16-10-14(11-19-15-7-8-15)6-9-17(16)20-12-13-4-2-1-3-5-13/h6,9-10,13,15,19H,1-5,7-8,11-12H2. The molecule has 0 saturated heterocycles. The van der Waals surface area contributed by atoms with Crippen LogP contribution in [0, 0.1) is 11.7 Å². The molecule has 0 amide bonds. The third-order valence-corrected chi connectivity index (χ3v) is 4.37. The quantitative estimate of drug-likeness (QED) is 0.847. The Bertz CT molecular complexity index is 439. The van der Waals surface area contributed by atoms with Crippen molar-refractivity contribution in [1.29, 1.82) is 0 Å². The molecule has 0 aromatic heterocycles. The second-order valence-corrected chi connectivity index (χ2v) is 6.23. The first-order valence-corrected chi connectivity index (χ1v) is 7.96. The first kappa shape index (κ1) is 13.9. The lowest BCUT2D eigenvalue weighted by Crippen LogP contribution is -2.16. The molecule has 2 fully saturated rings. The summed E-state index contributed by atoms with van der Waals surface area (Å²) in [5, 5.41) is 3.40. The SMILES string of the molecule is Fc1cc(CNC2CC2)ccc1OCC1CCCCC1. The molecule has 110 valence electrons. The van der Waals surface area contributed by atoms with Crippen LogP contribution in [0.2, 0.25) is 0 Å². The number of ether oxygens (including phenoxy) is 1. The molecule has 1 N–H and O–H groups in total. The van der Waals surface area contributed by atoms with Crippen LogP contribution in [0.15, 0.2) is 18.2 Å². The average molecular weight is 277 g/mol. The van der Waals surface area contributed by atoms with E-state index in [4.69, 9.17) is 4.74 Å². The summed E-state index contributed by atoms with van der Waals surface area (Å²) >= 11 is 0. The van der Waals surface area contributed by atoms with E-state index < -0.39 is 0 Å². The van der Waals surface area contributed by atoms with Gasteiger partial charge in [-0.05, 0) is 49.3 Å². The second-order valence-electron chi connectivity index (χ2n) is 6.23. The Morgan fingerprint density at radius 3 is 2.60 bits per heavy atom. The van der Waals surface area contributed by atoms with E-state index in [1.54, 1.807) is 12.1 Å². The molecule has 3 rings (SSSR count). The van der Waals surface area contributed by atoms with Gasteiger partial charge in [0.1, 0.15) is 0 Å². The van der Waals surface area contributed by atoms with Gasteiger partial charge in [0.2, 0.25) is 0 Å². The van der Waals surface area contributed by atoms with Crippen molar-refractivity contribution in [2.24, 2.45) is 5.92 Å². The van der Waals surface area contributed by atoms with Crippen LogP contribution in [0.5, 0.6) is 5.75 Å². The number of hydrogen-bond donors (Lipinski definition) is 1. The van der Waals surface area contributed by atoms with Crippen LogP contribution in [0.4, 0.5) is 4.39 Å². The van der Waals surface area contributed by atoms with Crippen LogP contribution in [0.1, 0.15) is 50.5 Å². The summed E-state index contributed by atoms with van der Waals surface area (Å²) in [5.74, 6) is 0.793. The van der Waals surface area contributed by atoms with Gasteiger partial charge in [0.25, 0.3) is 0 Å². The van der Waals surface area contributed by atoms with Crippen LogP contribution in [0.25, 0.3) is 0 Å². The van der Waals surface area contributed by atoms with E-state index in [9.17, 15) is 4.39 Å². The molecule has 0 unspecified atom stereocenters. The first-order valence-electron chi connectivity index (χ1n) is 7.96. The lowest BCUT2D eigenvalue weighted by molar-refractivity contribution is 0.202. The monoisotopic (exact) mass is 277 g/mol. The molecular weight excluding hydrogens is 253 g/mol. The largest absolute Gasteiger partial charge is 0.490 e. The maximum absolute atomic E-state index is 14.0. The molecule has 0 atom stereocenters. The summed E-state index contributed by atoms with van der Waals surface area (Å²) in [5.41, 5.74) is 0.999. The Labute approximate surface area is 120 Å². The van der Waals surface area contributed by atoms with Crippen LogP contribution >= 0.6 is 0 Å². The van der Waals surface area contributed by atoms with Crippen molar-refractivity contribution in [3.05, 3.63) is 29.6 Å². The molecule has 0 aliphatic heterocycles. The van der Waals surface area contributed by atoms with Gasteiger partial charge in [-0.2, -0.15) is 0 Å². The molecular formula is C17H24FNO. The van der Waals surface area contributed by atoms with Crippen LogP contribution in [-0.4, -0.2) is 12.6 Å². The summed E-state index contributed by atoms with van der Waals surface area (Å²) < 4.78 is 19.7. The van der Waals surface area contributed by atoms with Gasteiger partial charge in [0.15, 0.2) is 11.6 Å². The number of rotatable bonds is 6. The van der Waals surface area contributed by atoms with Gasteiger partial charge in [-0.25, -0.2) is 4.39 Å². The van der Waals surface area contributed by atoms with Gasteiger partial charge >= 0.3 is 0 Å². The number of halogens is 1. The molecule has 2 saturated carbocycles. The molecule has 1 aromatic carbocycles. The lowest BCUT2D eigenvalue weighted by atomic mass is 9.90. The van der Waals surface area contributed by atoms with Crippen molar-refractivity contribution in [3.8, 4) is 5.75 Å². The fraction of sp³-hybridized carbons (Fsp3) is 0.647. The Balaban J connectivity index is 1.50. The minimum Gasteiger partial charge on any atom is -0.490 e. The molecule has 2 aliphatic rings. The minimum atomic E-state index is -0.226. The van der Waals surface area contributed by atoms with E-state index in [2.05, 4.69) is 5.32 Å². The van der Waals surface area contributed by atoms with Gasteiger partial charge in [-0.3, -0.25) is 0 Å². The maximum atomic E-state index is 14.0. The predicted octanol–water partition coefficient (Wildman–Crippen LogP) is 4.04. The van der Waals surface area contributed by atoms with Crippen molar-refractivity contribution in [2.75, 3.05) is 6.61 Å². The van der Waals surface area contributed by atoms with Gasteiger partial charge in [0.05, 0.1) is 6.61 Å². The normalized spacial score (nSPS) is 20.1. The molecule has 2 aliphatic carbocycles. The third kappa shape index (κ3) is 3.95. The van der Waals surface area contributed by atoms with E-state index in [1.807, 2.05) is 6.07 Å². The van der Waals surface area contributed by atoms with Crippen molar-refractivity contribution in [3.63, 3.8) is 0 Å². The van der Waals surface area contributed by atoms with Gasteiger partial charge in [-0.15, -0.1) is 0 Å². The lowest BCUT2D eigenvalue weighted by Gasteiger charge is -2.21. The van der Waals surface area contributed by atoms with E-state index >= 15 is 0 Å². The van der Waals surface area contributed by atoms with E-state index in [0.29, 0.717) is 24.3 Å². The third-order valence-electron chi connectivity index (χ3n) is 4.37. The topological polar surface area (TPSA) is 21.3 Å². The first-order chi connectivity index (χ1) is 9.81. The zero-order valence-electron chi connectivity index (χ0n) is 12.0. The average Bonchev–Trinajstić information content (AvgIpc) is 3.29. The Kier molecular flexibility index (Phi) is 4.56. The molecule has 2 nitrogen and oxygen atoms in total. The Morgan fingerprint density at radius 1 is 1.10 bits per heavy atom. The van der Waals surface area contributed by atoms with Crippen molar-refractivity contribution < 1.29 is 9.13 Å². The summed E-state index contributed by atoms with van der Waals surface area (Å²) in [6.45, 7) is 1.42. The zero-order valence-corrected chi connectivity index (χ0v) is 12.0. The number of hydrogen-bond acceptors (Lipinski definition) is 2. The van der Waals surface area contributed by atoms with Crippen LogP contribution in [0.3, 0.4) is 0 Å². The smallest absolute Gasteiger partial charge is 0.165 e. The maximum Gasteiger partial charge on any atom is 0.165 e. The fourth-order valence-electron chi connectivity index (χ4n) is 2.88. The molecule has 1 aromatic rings. The highest BCUT2D eigenvalue weighted by Gasteiger charge is 2.20. The fourth-order valence-corrected chi connectivity index (χ4v) is 2.88. The molecule has 0 radical (unpaired) electrons. The van der Waals surface area contributed by atoms with Gasteiger partial charge in [0, 0.05) is 12.6 Å². The van der Waals surface area contributed by atoms with Crippen molar-refractivity contribution >= 4 is 0 Å². The molecule has 0 heterocycles. The summed E-state index contributed by atoms with van der Waals surface area (Å²) in [7, 11) is 0. The Hall–Kier alpha value is -1.09. The summed E-state index contributed by atoms with van der Waals surface area (Å²) in [4.78, 5) is 0.